The molecule has 1 aromatic rings. The van der Waals surface area contributed by atoms with Gasteiger partial charge in [-0.25, -0.2) is 0 Å². The highest BCUT2D eigenvalue weighted by atomic mass is 32.1. The average Bonchev–Trinajstić information content (AvgIpc) is 2.68. The largest absolute Gasteiger partial charge is 0.370 e. The van der Waals surface area contributed by atoms with E-state index in [0.717, 1.165) is 4.88 Å². The van der Waals surface area contributed by atoms with Gasteiger partial charge in [-0.1, -0.05) is 13.0 Å². The first-order chi connectivity index (χ1) is 6.14. The van der Waals surface area contributed by atoms with Crippen molar-refractivity contribution in [3.8, 4) is 0 Å². The summed E-state index contributed by atoms with van der Waals surface area (Å²) < 4.78 is 5.23. The lowest BCUT2D eigenvalue weighted by Gasteiger charge is -2.23. The molecule has 0 spiro atoms. The number of methoxy groups -OCH3 is 1. The summed E-state index contributed by atoms with van der Waals surface area (Å²) in [5.74, 6) is 0.0764. The van der Waals surface area contributed by atoms with Crippen molar-refractivity contribution in [3.63, 3.8) is 0 Å². The van der Waals surface area contributed by atoms with Crippen molar-refractivity contribution in [2.24, 2.45) is 0 Å². The third-order valence-corrected chi connectivity index (χ3v) is 3.22. The van der Waals surface area contributed by atoms with Gasteiger partial charge in [0.15, 0.2) is 0 Å². The van der Waals surface area contributed by atoms with Crippen LogP contribution in [-0.4, -0.2) is 18.5 Å². The maximum absolute atomic E-state index is 11.9. The minimum atomic E-state index is -0.662. The van der Waals surface area contributed by atoms with Crippen LogP contribution in [0.15, 0.2) is 17.5 Å². The van der Waals surface area contributed by atoms with E-state index in [1.54, 1.807) is 7.11 Å². The molecule has 72 valence electrons. The van der Waals surface area contributed by atoms with E-state index in [2.05, 4.69) is 0 Å². The summed E-state index contributed by atoms with van der Waals surface area (Å²) in [6.45, 7) is 3.78. The summed E-state index contributed by atoms with van der Waals surface area (Å²) in [6, 6.07) is 3.71. The van der Waals surface area contributed by atoms with Gasteiger partial charge in [0.05, 0.1) is 4.88 Å². The highest BCUT2D eigenvalue weighted by Gasteiger charge is 2.32. The Morgan fingerprint density at radius 1 is 1.69 bits per heavy atom. The van der Waals surface area contributed by atoms with Gasteiger partial charge in [-0.2, -0.15) is 0 Å². The van der Waals surface area contributed by atoms with E-state index in [4.69, 9.17) is 4.74 Å². The van der Waals surface area contributed by atoms with Crippen molar-refractivity contribution in [2.45, 2.75) is 25.9 Å². The molecule has 0 bridgehead atoms. The lowest BCUT2D eigenvalue weighted by Crippen LogP contribution is -2.36. The minimum Gasteiger partial charge on any atom is -0.370 e. The zero-order chi connectivity index (χ0) is 9.90. The van der Waals surface area contributed by atoms with E-state index in [1.807, 2.05) is 31.4 Å². The zero-order valence-electron chi connectivity index (χ0n) is 8.16. The third-order valence-electron chi connectivity index (χ3n) is 2.35. The van der Waals surface area contributed by atoms with Gasteiger partial charge in [-0.05, 0) is 24.8 Å². The van der Waals surface area contributed by atoms with E-state index in [-0.39, 0.29) is 5.78 Å². The predicted octanol–water partition coefficient (Wildman–Crippen LogP) is 2.75. The highest BCUT2D eigenvalue weighted by molar-refractivity contribution is 7.12. The summed E-state index contributed by atoms with van der Waals surface area (Å²) in [5.41, 5.74) is -0.662. The van der Waals surface area contributed by atoms with Gasteiger partial charge in [-0.3, -0.25) is 4.79 Å². The van der Waals surface area contributed by atoms with Gasteiger partial charge in [0.1, 0.15) is 5.60 Å². The standard InChI is InChI=1S/C10H14O2S/c1-4-10(2,12-3)9(11)8-6-5-7-13-8/h5-7H,4H2,1-3H3. The summed E-state index contributed by atoms with van der Waals surface area (Å²) >= 11 is 1.46. The van der Waals surface area contributed by atoms with E-state index in [0.29, 0.717) is 6.42 Å². The van der Waals surface area contributed by atoms with Crippen LogP contribution in [0.1, 0.15) is 29.9 Å². The smallest absolute Gasteiger partial charge is 0.204 e. The topological polar surface area (TPSA) is 26.3 Å². The Labute approximate surface area is 82.5 Å². The molecule has 13 heavy (non-hydrogen) atoms. The second-order valence-corrected chi connectivity index (χ2v) is 4.04. The van der Waals surface area contributed by atoms with Crippen molar-refractivity contribution >= 4 is 17.1 Å². The fourth-order valence-corrected chi connectivity index (χ4v) is 1.85. The van der Waals surface area contributed by atoms with Crippen molar-refractivity contribution in [1.82, 2.24) is 0 Å². The number of hydrogen-bond donors (Lipinski definition) is 0. The lowest BCUT2D eigenvalue weighted by atomic mass is 9.96. The van der Waals surface area contributed by atoms with Crippen LogP contribution in [-0.2, 0) is 4.74 Å². The zero-order valence-corrected chi connectivity index (χ0v) is 8.98. The quantitative estimate of drug-likeness (QED) is 0.695. The SMILES string of the molecule is CCC(C)(OC)C(=O)c1cccs1. The number of thiophene rings is 1. The van der Waals surface area contributed by atoms with Gasteiger partial charge in [0, 0.05) is 7.11 Å². The van der Waals surface area contributed by atoms with E-state index >= 15 is 0 Å². The number of hydrogen-bond acceptors (Lipinski definition) is 3. The number of ketones is 1. The van der Waals surface area contributed by atoms with E-state index in [9.17, 15) is 4.79 Å². The summed E-state index contributed by atoms with van der Waals surface area (Å²) in [6.07, 6.45) is 0.695. The minimum absolute atomic E-state index is 0.0764. The molecule has 0 saturated heterocycles. The second-order valence-electron chi connectivity index (χ2n) is 3.09. The Morgan fingerprint density at radius 2 is 2.38 bits per heavy atom. The summed E-state index contributed by atoms with van der Waals surface area (Å²) in [5, 5.41) is 1.90. The van der Waals surface area contributed by atoms with Gasteiger partial charge < -0.3 is 4.74 Å². The van der Waals surface area contributed by atoms with E-state index in [1.165, 1.54) is 11.3 Å². The molecule has 0 amide bonds. The Balaban J connectivity index is 2.89. The molecule has 1 aromatic heterocycles. The molecule has 0 aliphatic heterocycles. The summed E-state index contributed by atoms with van der Waals surface area (Å²) in [7, 11) is 1.58. The first kappa shape index (κ1) is 10.4. The van der Waals surface area contributed by atoms with Crippen LogP contribution in [0.5, 0.6) is 0 Å². The average molecular weight is 198 g/mol. The van der Waals surface area contributed by atoms with Crippen molar-refractivity contribution in [3.05, 3.63) is 22.4 Å². The first-order valence-corrected chi connectivity index (χ1v) is 5.15. The van der Waals surface area contributed by atoms with Crippen molar-refractivity contribution in [2.75, 3.05) is 7.11 Å². The van der Waals surface area contributed by atoms with Gasteiger partial charge >= 0.3 is 0 Å². The molecule has 0 aromatic carbocycles. The second kappa shape index (κ2) is 4.03. The van der Waals surface area contributed by atoms with Crippen LogP contribution < -0.4 is 0 Å². The molecule has 3 heteroatoms. The molecule has 1 rings (SSSR count). The van der Waals surface area contributed by atoms with Crippen LogP contribution in [0, 0.1) is 0 Å². The fraction of sp³-hybridized carbons (Fsp3) is 0.500. The number of rotatable bonds is 4. The van der Waals surface area contributed by atoms with Gasteiger partial charge in [0.25, 0.3) is 0 Å². The molecule has 0 saturated carbocycles. The molecule has 0 aliphatic carbocycles. The Kier molecular flexibility index (Phi) is 3.22. The first-order valence-electron chi connectivity index (χ1n) is 4.27. The molecule has 0 aliphatic rings. The van der Waals surface area contributed by atoms with Crippen molar-refractivity contribution in [1.29, 1.82) is 0 Å². The maximum Gasteiger partial charge on any atom is 0.204 e. The number of ether oxygens (including phenoxy) is 1. The fourth-order valence-electron chi connectivity index (χ4n) is 1.07. The highest BCUT2D eigenvalue weighted by Crippen LogP contribution is 2.23. The molecule has 1 heterocycles. The number of carbonyl (C=O) groups excluding carboxylic acids is 1. The van der Waals surface area contributed by atoms with Crippen LogP contribution >= 0.6 is 11.3 Å². The third kappa shape index (κ3) is 1.98. The van der Waals surface area contributed by atoms with Crippen LogP contribution in [0.4, 0.5) is 0 Å². The molecule has 1 unspecified atom stereocenters. The van der Waals surface area contributed by atoms with Gasteiger partial charge in [0.2, 0.25) is 5.78 Å². The molecule has 0 radical (unpaired) electrons. The molecular weight excluding hydrogens is 184 g/mol. The van der Waals surface area contributed by atoms with Crippen LogP contribution in [0.25, 0.3) is 0 Å². The van der Waals surface area contributed by atoms with Crippen LogP contribution in [0.2, 0.25) is 0 Å². The number of Topliss-reactive ketones (excluding diaryl/α,β-unsaturated/α-hetero) is 1. The van der Waals surface area contributed by atoms with Gasteiger partial charge in [-0.15, -0.1) is 11.3 Å². The van der Waals surface area contributed by atoms with Crippen LogP contribution in [0.3, 0.4) is 0 Å². The maximum atomic E-state index is 11.9. The Morgan fingerprint density at radius 3 is 2.77 bits per heavy atom. The Bertz CT molecular complexity index is 273. The predicted molar refractivity (Wildman–Crippen MR) is 54.4 cm³/mol. The monoisotopic (exact) mass is 198 g/mol. The number of carbonyl (C=O) groups is 1. The van der Waals surface area contributed by atoms with Crippen molar-refractivity contribution < 1.29 is 9.53 Å². The molecular formula is C10H14O2S. The Hall–Kier alpha value is -0.670. The molecule has 0 fully saturated rings. The van der Waals surface area contributed by atoms with E-state index < -0.39 is 5.60 Å². The summed E-state index contributed by atoms with van der Waals surface area (Å²) in [4.78, 5) is 12.6. The molecule has 1 atom stereocenters. The lowest BCUT2D eigenvalue weighted by molar-refractivity contribution is 0.0110. The normalized spacial score (nSPS) is 15.3. The molecule has 0 N–H and O–H groups in total. The molecule has 2 nitrogen and oxygen atoms in total.